The predicted octanol–water partition coefficient (Wildman–Crippen LogP) is 3.59. The van der Waals surface area contributed by atoms with Crippen molar-refractivity contribution in [2.45, 2.75) is 12.8 Å². The molecule has 3 aromatic rings. The van der Waals surface area contributed by atoms with Gasteiger partial charge in [-0.15, -0.1) is 0 Å². The van der Waals surface area contributed by atoms with E-state index >= 15 is 0 Å². The van der Waals surface area contributed by atoms with Gasteiger partial charge >= 0.3 is 0 Å². The van der Waals surface area contributed by atoms with Crippen LogP contribution in [0.1, 0.15) is 21.5 Å². The van der Waals surface area contributed by atoms with Crippen molar-refractivity contribution in [3.63, 3.8) is 0 Å². The first-order valence-corrected chi connectivity index (χ1v) is 9.21. The number of nitrogens with zero attached hydrogens (tertiary/aromatic N) is 3. The van der Waals surface area contributed by atoms with E-state index < -0.39 is 0 Å². The van der Waals surface area contributed by atoms with E-state index in [1.54, 1.807) is 54.8 Å². The third-order valence-corrected chi connectivity index (χ3v) is 4.50. The topological polar surface area (TPSA) is 58.1 Å². The lowest BCUT2D eigenvalue weighted by atomic mass is 10.1. The average Bonchev–Trinajstić information content (AvgIpc) is 2.74. The van der Waals surface area contributed by atoms with E-state index in [0.29, 0.717) is 36.5 Å². The van der Waals surface area contributed by atoms with Crippen molar-refractivity contribution in [3.05, 3.63) is 89.6 Å². The SMILES string of the molecule is CN(CCc1ccncc1)C(=O)c1ccc(NCCc2ccccc2F)nc1. The Morgan fingerprint density at radius 2 is 1.86 bits per heavy atom. The molecular weight excluding hydrogens is 355 g/mol. The van der Waals surface area contributed by atoms with E-state index in [4.69, 9.17) is 0 Å². The highest BCUT2D eigenvalue weighted by Gasteiger charge is 2.12. The van der Waals surface area contributed by atoms with Gasteiger partial charge in [0.05, 0.1) is 5.56 Å². The van der Waals surface area contributed by atoms with Gasteiger partial charge in [-0.05, 0) is 54.3 Å². The van der Waals surface area contributed by atoms with Crippen molar-refractivity contribution in [1.29, 1.82) is 0 Å². The second kappa shape index (κ2) is 9.60. The van der Waals surface area contributed by atoms with E-state index in [-0.39, 0.29) is 11.7 Å². The molecule has 2 heterocycles. The minimum Gasteiger partial charge on any atom is -0.370 e. The maximum Gasteiger partial charge on any atom is 0.255 e. The van der Waals surface area contributed by atoms with Crippen molar-refractivity contribution in [3.8, 4) is 0 Å². The van der Waals surface area contributed by atoms with Crippen LogP contribution in [0.4, 0.5) is 10.2 Å². The summed E-state index contributed by atoms with van der Waals surface area (Å²) in [5.74, 6) is 0.389. The Balaban J connectivity index is 1.49. The molecule has 0 aliphatic heterocycles. The van der Waals surface area contributed by atoms with Crippen LogP contribution in [-0.2, 0) is 12.8 Å². The van der Waals surface area contributed by atoms with Gasteiger partial charge in [0, 0.05) is 38.7 Å². The standard InChI is InChI=1S/C22H23FN4O/c1-27(15-11-17-8-12-24-13-9-17)22(28)19-6-7-21(26-16-19)25-14-10-18-4-2-3-5-20(18)23/h2-9,12-13,16H,10-11,14-15H2,1H3,(H,25,26). The molecule has 0 radical (unpaired) electrons. The van der Waals surface area contributed by atoms with Crippen LogP contribution >= 0.6 is 0 Å². The Hall–Kier alpha value is -3.28. The number of nitrogens with one attached hydrogen (secondary N) is 1. The minimum atomic E-state index is -0.201. The molecule has 1 amide bonds. The molecule has 1 aromatic carbocycles. The van der Waals surface area contributed by atoms with Crippen molar-refractivity contribution in [2.24, 2.45) is 0 Å². The van der Waals surface area contributed by atoms with Crippen LogP contribution in [-0.4, -0.2) is 40.9 Å². The zero-order valence-corrected chi connectivity index (χ0v) is 15.8. The van der Waals surface area contributed by atoms with Crippen LogP contribution in [0.25, 0.3) is 0 Å². The molecule has 0 atom stereocenters. The van der Waals surface area contributed by atoms with Crippen molar-refractivity contribution in [1.82, 2.24) is 14.9 Å². The number of carbonyl (C=O) groups excluding carboxylic acids is 1. The summed E-state index contributed by atoms with van der Waals surface area (Å²) >= 11 is 0. The summed E-state index contributed by atoms with van der Waals surface area (Å²) in [6.07, 6.45) is 6.40. The summed E-state index contributed by atoms with van der Waals surface area (Å²) in [5.41, 5.74) is 2.34. The monoisotopic (exact) mass is 378 g/mol. The second-order valence-electron chi connectivity index (χ2n) is 6.53. The molecule has 0 bridgehead atoms. The fourth-order valence-electron chi connectivity index (χ4n) is 2.82. The Morgan fingerprint density at radius 3 is 2.57 bits per heavy atom. The molecule has 1 N–H and O–H groups in total. The minimum absolute atomic E-state index is 0.0699. The lowest BCUT2D eigenvalue weighted by molar-refractivity contribution is 0.0796. The number of hydrogen-bond acceptors (Lipinski definition) is 4. The van der Waals surface area contributed by atoms with E-state index in [0.717, 1.165) is 12.0 Å². The fraction of sp³-hybridized carbons (Fsp3) is 0.227. The summed E-state index contributed by atoms with van der Waals surface area (Å²) < 4.78 is 13.6. The number of halogens is 1. The summed E-state index contributed by atoms with van der Waals surface area (Å²) in [6, 6.07) is 14.1. The van der Waals surface area contributed by atoms with Gasteiger partial charge in [-0.25, -0.2) is 9.37 Å². The molecule has 6 heteroatoms. The van der Waals surface area contributed by atoms with Crippen LogP contribution in [0.5, 0.6) is 0 Å². The van der Waals surface area contributed by atoms with Crippen LogP contribution in [0.15, 0.2) is 67.1 Å². The Kier molecular flexibility index (Phi) is 6.68. The molecule has 5 nitrogen and oxygen atoms in total. The number of pyridine rings is 2. The van der Waals surface area contributed by atoms with E-state index in [9.17, 15) is 9.18 Å². The van der Waals surface area contributed by atoms with E-state index in [1.807, 2.05) is 18.2 Å². The number of rotatable bonds is 8. The molecule has 2 aromatic heterocycles. The summed E-state index contributed by atoms with van der Waals surface area (Å²) in [5, 5.41) is 3.15. The lowest BCUT2D eigenvalue weighted by Gasteiger charge is -2.17. The number of carbonyl (C=O) groups is 1. The fourth-order valence-corrected chi connectivity index (χ4v) is 2.82. The molecule has 0 unspecified atom stereocenters. The molecule has 3 rings (SSSR count). The average molecular weight is 378 g/mol. The molecular formula is C22H23FN4O. The number of amides is 1. The van der Waals surface area contributed by atoms with Gasteiger partial charge in [0.15, 0.2) is 0 Å². The number of anilines is 1. The first kappa shape index (κ1) is 19.5. The van der Waals surface area contributed by atoms with Gasteiger partial charge in [0.1, 0.15) is 11.6 Å². The largest absolute Gasteiger partial charge is 0.370 e. The Bertz CT molecular complexity index is 900. The third-order valence-electron chi connectivity index (χ3n) is 4.50. The summed E-state index contributed by atoms with van der Waals surface area (Å²) in [6.45, 7) is 1.18. The highest BCUT2D eigenvalue weighted by molar-refractivity contribution is 5.93. The van der Waals surface area contributed by atoms with Crippen molar-refractivity contribution in [2.75, 3.05) is 25.5 Å². The first-order valence-electron chi connectivity index (χ1n) is 9.21. The number of aromatic nitrogens is 2. The maximum absolute atomic E-state index is 13.6. The maximum atomic E-state index is 13.6. The molecule has 144 valence electrons. The zero-order valence-electron chi connectivity index (χ0n) is 15.8. The summed E-state index contributed by atoms with van der Waals surface area (Å²) in [7, 11) is 1.78. The highest BCUT2D eigenvalue weighted by Crippen LogP contribution is 2.10. The summed E-state index contributed by atoms with van der Waals surface area (Å²) in [4.78, 5) is 22.5. The molecule has 0 aliphatic rings. The van der Waals surface area contributed by atoms with E-state index in [1.165, 1.54) is 6.07 Å². The van der Waals surface area contributed by atoms with Crippen molar-refractivity contribution >= 4 is 11.7 Å². The van der Waals surface area contributed by atoms with Crippen LogP contribution < -0.4 is 5.32 Å². The van der Waals surface area contributed by atoms with Crippen LogP contribution in [0.3, 0.4) is 0 Å². The van der Waals surface area contributed by atoms with Gasteiger partial charge < -0.3 is 10.2 Å². The van der Waals surface area contributed by atoms with Crippen molar-refractivity contribution < 1.29 is 9.18 Å². The molecule has 0 spiro atoms. The number of benzene rings is 1. The van der Waals surface area contributed by atoms with Crippen LogP contribution in [0.2, 0.25) is 0 Å². The molecule has 0 fully saturated rings. The quantitative estimate of drug-likeness (QED) is 0.651. The number of hydrogen-bond donors (Lipinski definition) is 1. The Labute approximate surface area is 164 Å². The van der Waals surface area contributed by atoms with Crippen LogP contribution in [0, 0.1) is 5.82 Å². The second-order valence-corrected chi connectivity index (χ2v) is 6.53. The number of likely N-dealkylation sites (N-methyl/N-ethyl adjacent to an activating group) is 1. The zero-order chi connectivity index (χ0) is 19.8. The Morgan fingerprint density at radius 1 is 1.07 bits per heavy atom. The lowest BCUT2D eigenvalue weighted by Crippen LogP contribution is -2.29. The highest BCUT2D eigenvalue weighted by atomic mass is 19.1. The molecule has 0 saturated heterocycles. The molecule has 0 saturated carbocycles. The van der Waals surface area contributed by atoms with Gasteiger partial charge in [0.2, 0.25) is 0 Å². The first-order chi connectivity index (χ1) is 13.6. The van der Waals surface area contributed by atoms with Gasteiger partial charge in [0.25, 0.3) is 5.91 Å². The van der Waals surface area contributed by atoms with E-state index in [2.05, 4.69) is 15.3 Å². The van der Waals surface area contributed by atoms with Gasteiger partial charge in [-0.3, -0.25) is 9.78 Å². The third kappa shape index (κ3) is 5.36. The molecule has 28 heavy (non-hydrogen) atoms. The predicted molar refractivity (Wildman–Crippen MR) is 108 cm³/mol. The molecule has 0 aliphatic carbocycles. The van der Waals surface area contributed by atoms with Gasteiger partial charge in [-0.2, -0.15) is 0 Å². The van der Waals surface area contributed by atoms with Gasteiger partial charge in [-0.1, -0.05) is 18.2 Å². The smallest absolute Gasteiger partial charge is 0.255 e. The normalized spacial score (nSPS) is 10.5.